The number of nitrogens with zero attached hydrogens (tertiary/aromatic N) is 1. The molecule has 3 rings (SSSR count). The highest BCUT2D eigenvalue weighted by molar-refractivity contribution is 5.94. The van der Waals surface area contributed by atoms with Crippen LogP contribution in [0.5, 0.6) is 0 Å². The van der Waals surface area contributed by atoms with Gasteiger partial charge in [-0.05, 0) is 31.6 Å². The molecule has 0 saturated heterocycles. The minimum absolute atomic E-state index is 0.354. The van der Waals surface area contributed by atoms with E-state index in [9.17, 15) is 9.18 Å². The number of pyridine rings is 1. The average Bonchev–Trinajstić information content (AvgIpc) is 2.57. The molecule has 17 heavy (non-hydrogen) atoms. The summed E-state index contributed by atoms with van der Waals surface area (Å²) in [6.45, 7) is 2.20. The molecule has 1 aliphatic heterocycles. The lowest BCUT2D eigenvalue weighted by atomic mass is 9.76. The quantitative estimate of drug-likeness (QED) is 0.512. The molecule has 4 heteroatoms. The van der Waals surface area contributed by atoms with E-state index in [2.05, 4.69) is 11.9 Å². The third kappa shape index (κ3) is 1.54. The lowest BCUT2D eigenvalue weighted by Gasteiger charge is -2.35. The van der Waals surface area contributed by atoms with Crippen molar-refractivity contribution < 1.29 is 13.9 Å². The number of hydrogen-bond acceptors (Lipinski definition) is 3. The number of carbonyl (C=O) groups excluding carboxylic acids is 1. The molecule has 2 heterocycles. The second-order valence-electron chi connectivity index (χ2n) is 5.12. The highest BCUT2D eigenvalue weighted by Crippen LogP contribution is 2.47. The Bertz CT molecular complexity index is 478. The molecule has 3 nitrogen and oxygen atoms in total. The van der Waals surface area contributed by atoms with Gasteiger partial charge < -0.3 is 4.74 Å². The first-order chi connectivity index (χ1) is 8.11. The molecule has 0 radical (unpaired) electrons. The van der Waals surface area contributed by atoms with Gasteiger partial charge in [-0.1, -0.05) is 6.92 Å². The average molecular weight is 235 g/mol. The second kappa shape index (κ2) is 3.52. The summed E-state index contributed by atoms with van der Waals surface area (Å²) in [6, 6.07) is 1.18. The lowest BCUT2D eigenvalue weighted by molar-refractivity contribution is -0.0347. The Kier molecular flexibility index (Phi) is 2.21. The molecule has 0 unspecified atom stereocenters. The van der Waals surface area contributed by atoms with Gasteiger partial charge in [0.1, 0.15) is 5.60 Å². The first-order valence-electron chi connectivity index (χ1n) is 6.00. The van der Waals surface area contributed by atoms with E-state index in [1.807, 2.05) is 0 Å². The molecule has 0 N–H and O–H groups in total. The largest absolute Gasteiger partial charge is 0.450 e. The monoisotopic (exact) mass is 235 g/mol. The number of esters is 1. The molecule has 1 saturated carbocycles. The van der Waals surface area contributed by atoms with E-state index in [0.29, 0.717) is 11.5 Å². The summed E-state index contributed by atoms with van der Waals surface area (Å²) < 4.78 is 18.6. The number of aromatic nitrogens is 1. The fraction of sp³-hybridized carbons (Fsp3) is 0.538. The molecule has 1 spiro atoms. The predicted octanol–water partition coefficient (Wildman–Crippen LogP) is 2.80. The molecule has 1 aliphatic carbocycles. The van der Waals surface area contributed by atoms with Gasteiger partial charge in [-0.3, -0.25) is 0 Å². The number of rotatable bonds is 0. The summed E-state index contributed by atoms with van der Waals surface area (Å²) in [5.41, 5.74) is 0.599. The van der Waals surface area contributed by atoms with Crippen molar-refractivity contribution in [2.24, 2.45) is 5.92 Å². The Balaban J connectivity index is 2.04. The third-order valence-electron chi connectivity index (χ3n) is 3.95. The van der Waals surface area contributed by atoms with Crippen molar-refractivity contribution in [1.29, 1.82) is 0 Å². The maximum Gasteiger partial charge on any atom is 0.339 e. The van der Waals surface area contributed by atoms with Crippen molar-refractivity contribution in [3.63, 3.8) is 0 Å². The van der Waals surface area contributed by atoms with Crippen LogP contribution in [0.2, 0.25) is 0 Å². The molecule has 2 aliphatic rings. The van der Waals surface area contributed by atoms with Gasteiger partial charge in [-0.15, -0.1) is 0 Å². The summed E-state index contributed by atoms with van der Waals surface area (Å²) >= 11 is 0. The van der Waals surface area contributed by atoms with Crippen LogP contribution in [0.4, 0.5) is 4.39 Å². The van der Waals surface area contributed by atoms with E-state index in [1.54, 1.807) is 0 Å². The molecule has 0 aromatic carbocycles. The molecular formula is C13H14FNO2. The third-order valence-corrected chi connectivity index (χ3v) is 3.95. The van der Waals surface area contributed by atoms with E-state index in [-0.39, 0.29) is 0 Å². The standard InChI is InChI=1S/C13H14FNO2/c1-8-2-4-13(5-3-8)10-7-15-11(14)6-9(10)12(16)17-13/h6-8H,2-5H2,1H3. The zero-order valence-corrected chi connectivity index (χ0v) is 9.70. The van der Waals surface area contributed by atoms with Gasteiger partial charge in [-0.25, -0.2) is 9.78 Å². The summed E-state index contributed by atoms with van der Waals surface area (Å²) in [4.78, 5) is 15.4. The van der Waals surface area contributed by atoms with Crippen molar-refractivity contribution in [3.8, 4) is 0 Å². The van der Waals surface area contributed by atoms with Crippen LogP contribution in [-0.4, -0.2) is 11.0 Å². The van der Waals surface area contributed by atoms with Crippen LogP contribution in [-0.2, 0) is 10.3 Å². The molecule has 1 fully saturated rings. The predicted molar refractivity (Wildman–Crippen MR) is 58.9 cm³/mol. The number of carbonyl (C=O) groups is 1. The molecule has 0 amide bonds. The fourth-order valence-corrected chi connectivity index (χ4v) is 2.85. The molecule has 0 bridgehead atoms. The van der Waals surface area contributed by atoms with E-state index in [4.69, 9.17) is 4.74 Å². The number of halogens is 1. The van der Waals surface area contributed by atoms with Crippen LogP contribution in [0.25, 0.3) is 0 Å². The number of fused-ring (bicyclic) bond motifs is 2. The first-order valence-corrected chi connectivity index (χ1v) is 6.00. The Morgan fingerprint density at radius 2 is 2.18 bits per heavy atom. The molecule has 1 aromatic heterocycles. The van der Waals surface area contributed by atoms with E-state index in [0.717, 1.165) is 31.2 Å². The van der Waals surface area contributed by atoms with Gasteiger partial charge in [-0.2, -0.15) is 4.39 Å². The summed E-state index contributed by atoms with van der Waals surface area (Å²) in [7, 11) is 0. The van der Waals surface area contributed by atoms with E-state index < -0.39 is 17.5 Å². The lowest BCUT2D eigenvalue weighted by Crippen LogP contribution is -2.31. The Hall–Kier alpha value is -1.45. The second-order valence-corrected chi connectivity index (χ2v) is 5.12. The van der Waals surface area contributed by atoms with Crippen LogP contribution in [0.15, 0.2) is 12.3 Å². The van der Waals surface area contributed by atoms with Crippen LogP contribution in [0.1, 0.15) is 48.5 Å². The number of hydrogen-bond donors (Lipinski definition) is 0. The van der Waals surface area contributed by atoms with Gasteiger partial charge in [0.15, 0.2) is 0 Å². The Morgan fingerprint density at radius 3 is 2.88 bits per heavy atom. The number of ether oxygens (including phenoxy) is 1. The Labute approximate surface area is 99.0 Å². The van der Waals surface area contributed by atoms with Crippen molar-refractivity contribution in [1.82, 2.24) is 4.98 Å². The van der Waals surface area contributed by atoms with Crippen LogP contribution >= 0.6 is 0 Å². The first kappa shape index (κ1) is 10.7. The van der Waals surface area contributed by atoms with Gasteiger partial charge in [0.2, 0.25) is 5.95 Å². The highest BCUT2D eigenvalue weighted by atomic mass is 19.1. The smallest absolute Gasteiger partial charge is 0.339 e. The molecule has 1 aromatic rings. The van der Waals surface area contributed by atoms with Crippen LogP contribution < -0.4 is 0 Å². The summed E-state index contributed by atoms with van der Waals surface area (Å²) in [6.07, 6.45) is 5.17. The van der Waals surface area contributed by atoms with E-state index >= 15 is 0 Å². The fourth-order valence-electron chi connectivity index (χ4n) is 2.85. The minimum Gasteiger partial charge on any atom is -0.450 e. The van der Waals surface area contributed by atoms with Crippen LogP contribution in [0, 0.1) is 11.9 Å². The van der Waals surface area contributed by atoms with Gasteiger partial charge in [0.05, 0.1) is 5.56 Å². The zero-order valence-electron chi connectivity index (χ0n) is 9.70. The maximum absolute atomic E-state index is 13.0. The van der Waals surface area contributed by atoms with E-state index in [1.165, 1.54) is 12.3 Å². The van der Waals surface area contributed by atoms with Crippen molar-refractivity contribution in [3.05, 3.63) is 29.3 Å². The van der Waals surface area contributed by atoms with Gasteiger partial charge in [0.25, 0.3) is 0 Å². The van der Waals surface area contributed by atoms with Gasteiger partial charge >= 0.3 is 5.97 Å². The summed E-state index contributed by atoms with van der Waals surface area (Å²) in [5, 5.41) is 0. The maximum atomic E-state index is 13.0. The summed E-state index contributed by atoms with van der Waals surface area (Å²) in [5.74, 6) is -0.366. The van der Waals surface area contributed by atoms with Crippen LogP contribution in [0.3, 0.4) is 0 Å². The molecule has 90 valence electrons. The Morgan fingerprint density at radius 1 is 1.47 bits per heavy atom. The van der Waals surface area contributed by atoms with Crippen molar-refractivity contribution in [2.45, 2.75) is 38.2 Å². The topological polar surface area (TPSA) is 39.2 Å². The minimum atomic E-state index is -0.623. The SMILES string of the molecule is CC1CCC2(CC1)OC(=O)c1cc(F)ncc12. The van der Waals surface area contributed by atoms with Crippen molar-refractivity contribution >= 4 is 5.97 Å². The van der Waals surface area contributed by atoms with Crippen molar-refractivity contribution in [2.75, 3.05) is 0 Å². The molecule has 0 atom stereocenters. The highest BCUT2D eigenvalue weighted by Gasteiger charge is 2.47. The zero-order chi connectivity index (χ0) is 12.0. The normalized spacial score (nSPS) is 31.4. The van der Waals surface area contributed by atoms with Gasteiger partial charge in [0, 0.05) is 17.8 Å². The molecular weight excluding hydrogens is 221 g/mol.